The average molecular weight is 368 g/mol. The van der Waals surface area contributed by atoms with E-state index in [1.165, 1.54) is 16.8 Å². The highest BCUT2D eigenvalue weighted by atomic mass is 16.7. The second kappa shape index (κ2) is 8.30. The molecule has 0 aliphatic carbocycles. The SMILES string of the molecule is COc1ccc(N2CCN(CCC3OC(OC)c4ccccc43)CC2)cc1. The molecule has 0 radical (unpaired) electrons. The molecule has 0 bridgehead atoms. The van der Waals surface area contributed by atoms with Gasteiger partial charge in [-0.1, -0.05) is 24.3 Å². The number of rotatable bonds is 6. The van der Waals surface area contributed by atoms with Crippen molar-refractivity contribution < 1.29 is 14.2 Å². The number of benzene rings is 2. The van der Waals surface area contributed by atoms with Crippen LogP contribution in [0.15, 0.2) is 48.5 Å². The lowest BCUT2D eigenvalue weighted by Crippen LogP contribution is -2.46. The van der Waals surface area contributed by atoms with Crippen LogP contribution in [0.1, 0.15) is 29.9 Å². The Morgan fingerprint density at radius 2 is 1.63 bits per heavy atom. The molecule has 2 unspecified atom stereocenters. The van der Waals surface area contributed by atoms with E-state index in [1.54, 1.807) is 14.2 Å². The maximum absolute atomic E-state index is 6.11. The van der Waals surface area contributed by atoms with E-state index in [4.69, 9.17) is 14.2 Å². The largest absolute Gasteiger partial charge is 0.497 e. The molecule has 27 heavy (non-hydrogen) atoms. The monoisotopic (exact) mass is 368 g/mol. The van der Waals surface area contributed by atoms with Crippen molar-refractivity contribution in [1.82, 2.24) is 4.90 Å². The van der Waals surface area contributed by atoms with Gasteiger partial charge < -0.3 is 19.1 Å². The minimum Gasteiger partial charge on any atom is -0.497 e. The highest BCUT2D eigenvalue weighted by molar-refractivity contribution is 5.49. The zero-order valence-corrected chi connectivity index (χ0v) is 16.1. The molecule has 1 fully saturated rings. The van der Waals surface area contributed by atoms with E-state index in [1.807, 2.05) is 12.1 Å². The Labute approximate surface area is 161 Å². The molecule has 0 saturated carbocycles. The molecule has 0 aromatic heterocycles. The number of methoxy groups -OCH3 is 2. The second-order valence-electron chi connectivity index (χ2n) is 7.14. The van der Waals surface area contributed by atoms with Crippen molar-refractivity contribution in [2.24, 2.45) is 0 Å². The molecule has 0 spiro atoms. The lowest BCUT2D eigenvalue weighted by molar-refractivity contribution is -0.144. The molecule has 1 saturated heterocycles. The van der Waals surface area contributed by atoms with E-state index >= 15 is 0 Å². The Bertz CT molecular complexity index is 741. The molecular weight excluding hydrogens is 340 g/mol. The van der Waals surface area contributed by atoms with Crippen LogP contribution >= 0.6 is 0 Å². The predicted octanol–water partition coefficient (Wildman–Crippen LogP) is 3.62. The fraction of sp³-hybridized carbons (Fsp3) is 0.455. The Morgan fingerprint density at radius 1 is 0.926 bits per heavy atom. The zero-order valence-electron chi connectivity index (χ0n) is 16.1. The average Bonchev–Trinajstić information content (AvgIpc) is 3.11. The quantitative estimate of drug-likeness (QED) is 0.778. The van der Waals surface area contributed by atoms with Crippen LogP contribution in [-0.4, -0.2) is 51.8 Å². The molecule has 5 heteroatoms. The topological polar surface area (TPSA) is 34.2 Å². The van der Waals surface area contributed by atoms with Gasteiger partial charge in [-0.3, -0.25) is 4.90 Å². The van der Waals surface area contributed by atoms with Gasteiger partial charge in [-0.25, -0.2) is 0 Å². The Balaban J connectivity index is 1.29. The zero-order chi connectivity index (χ0) is 18.6. The normalized spacial score (nSPS) is 22.7. The molecule has 0 N–H and O–H groups in total. The fourth-order valence-corrected chi connectivity index (χ4v) is 4.04. The van der Waals surface area contributed by atoms with E-state index < -0.39 is 0 Å². The van der Waals surface area contributed by atoms with Crippen LogP contribution in [0.4, 0.5) is 5.69 Å². The molecular formula is C22H28N2O3. The van der Waals surface area contributed by atoms with E-state index in [-0.39, 0.29) is 12.4 Å². The van der Waals surface area contributed by atoms with Gasteiger partial charge in [0.05, 0.1) is 13.2 Å². The first-order chi connectivity index (χ1) is 13.3. The van der Waals surface area contributed by atoms with Crippen molar-refractivity contribution in [1.29, 1.82) is 0 Å². The van der Waals surface area contributed by atoms with Crippen molar-refractivity contribution in [2.45, 2.75) is 18.8 Å². The number of hydrogen-bond acceptors (Lipinski definition) is 5. The number of fused-ring (bicyclic) bond motifs is 1. The fourth-order valence-electron chi connectivity index (χ4n) is 4.04. The lowest BCUT2D eigenvalue weighted by Gasteiger charge is -2.36. The number of hydrogen-bond donors (Lipinski definition) is 0. The highest BCUT2D eigenvalue weighted by Crippen LogP contribution is 2.40. The Kier molecular flexibility index (Phi) is 5.62. The first-order valence-corrected chi connectivity index (χ1v) is 9.67. The standard InChI is InChI=1S/C22H28N2O3/c1-25-18-9-7-17(8-10-18)24-15-13-23(14-16-24)12-11-21-19-5-3-4-6-20(19)22(26-2)27-21/h3-10,21-22H,11-16H2,1-2H3. The third kappa shape index (κ3) is 3.95. The van der Waals surface area contributed by atoms with Gasteiger partial charge in [0.15, 0.2) is 6.29 Å². The van der Waals surface area contributed by atoms with Gasteiger partial charge in [0.1, 0.15) is 5.75 Å². The Hall–Kier alpha value is -2.08. The van der Waals surface area contributed by atoms with Crippen LogP contribution in [0.2, 0.25) is 0 Å². The van der Waals surface area contributed by atoms with Gasteiger partial charge in [0.25, 0.3) is 0 Å². The molecule has 2 aliphatic heterocycles. The summed E-state index contributed by atoms with van der Waals surface area (Å²) in [7, 11) is 3.41. The minimum atomic E-state index is -0.224. The summed E-state index contributed by atoms with van der Waals surface area (Å²) >= 11 is 0. The van der Waals surface area contributed by atoms with Gasteiger partial charge in [0, 0.05) is 51.1 Å². The minimum absolute atomic E-state index is 0.130. The lowest BCUT2D eigenvalue weighted by atomic mass is 10.0. The van der Waals surface area contributed by atoms with Gasteiger partial charge >= 0.3 is 0 Å². The Morgan fingerprint density at radius 3 is 2.30 bits per heavy atom. The highest BCUT2D eigenvalue weighted by Gasteiger charge is 2.31. The molecule has 2 aromatic carbocycles. The van der Waals surface area contributed by atoms with Gasteiger partial charge in [-0.05, 0) is 36.2 Å². The van der Waals surface area contributed by atoms with E-state index in [0.717, 1.165) is 44.9 Å². The molecule has 2 aromatic rings. The number of piperazine rings is 1. The molecule has 2 atom stereocenters. The van der Waals surface area contributed by atoms with E-state index in [9.17, 15) is 0 Å². The first kappa shape index (κ1) is 18.3. The van der Waals surface area contributed by atoms with Crippen molar-refractivity contribution in [2.75, 3.05) is 51.8 Å². The maximum atomic E-state index is 6.11. The summed E-state index contributed by atoms with van der Waals surface area (Å²) in [5.74, 6) is 0.906. The summed E-state index contributed by atoms with van der Waals surface area (Å²) in [5.41, 5.74) is 3.72. The molecule has 4 rings (SSSR count). The molecule has 2 heterocycles. The summed E-state index contributed by atoms with van der Waals surface area (Å²) in [4.78, 5) is 4.98. The van der Waals surface area contributed by atoms with Crippen LogP contribution in [0.5, 0.6) is 5.75 Å². The molecule has 2 aliphatic rings. The summed E-state index contributed by atoms with van der Waals surface area (Å²) < 4.78 is 16.8. The van der Waals surface area contributed by atoms with Gasteiger partial charge in [-0.15, -0.1) is 0 Å². The first-order valence-electron chi connectivity index (χ1n) is 9.67. The van der Waals surface area contributed by atoms with E-state index in [2.05, 4.69) is 46.2 Å². The van der Waals surface area contributed by atoms with Crippen LogP contribution in [0.3, 0.4) is 0 Å². The maximum Gasteiger partial charge on any atom is 0.184 e. The van der Waals surface area contributed by atoms with Crippen molar-refractivity contribution >= 4 is 5.69 Å². The smallest absolute Gasteiger partial charge is 0.184 e. The summed E-state index contributed by atoms with van der Waals surface area (Å²) in [6, 6.07) is 16.8. The van der Waals surface area contributed by atoms with Crippen LogP contribution in [-0.2, 0) is 9.47 Å². The molecule has 5 nitrogen and oxygen atoms in total. The van der Waals surface area contributed by atoms with Gasteiger partial charge in [-0.2, -0.15) is 0 Å². The summed E-state index contributed by atoms with van der Waals surface area (Å²) in [6.07, 6.45) is 0.906. The van der Waals surface area contributed by atoms with Gasteiger partial charge in [0.2, 0.25) is 0 Å². The van der Waals surface area contributed by atoms with Crippen LogP contribution in [0, 0.1) is 0 Å². The van der Waals surface area contributed by atoms with Crippen molar-refractivity contribution in [3.63, 3.8) is 0 Å². The predicted molar refractivity (Wildman–Crippen MR) is 106 cm³/mol. The summed E-state index contributed by atoms with van der Waals surface area (Å²) in [5, 5.41) is 0. The van der Waals surface area contributed by atoms with Crippen LogP contribution < -0.4 is 9.64 Å². The van der Waals surface area contributed by atoms with Crippen molar-refractivity contribution in [3.05, 3.63) is 59.7 Å². The third-order valence-electron chi connectivity index (χ3n) is 5.62. The molecule has 144 valence electrons. The summed E-state index contributed by atoms with van der Waals surface area (Å²) in [6.45, 7) is 5.30. The molecule has 0 amide bonds. The second-order valence-corrected chi connectivity index (χ2v) is 7.14. The number of anilines is 1. The third-order valence-corrected chi connectivity index (χ3v) is 5.62. The number of ether oxygens (including phenoxy) is 3. The van der Waals surface area contributed by atoms with Crippen LogP contribution in [0.25, 0.3) is 0 Å². The van der Waals surface area contributed by atoms with E-state index in [0.29, 0.717) is 0 Å². The van der Waals surface area contributed by atoms with Crippen molar-refractivity contribution in [3.8, 4) is 5.75 Å². The number of nitrogens with zero attached hydrogens (tertiary/aromatic N) is 2.